The molecule has 1 aliphatic rings. The highest BCUT2D eigenvalue weighted by Crippen LogP contribution is 2.32. The van der Waals surface area contributed by atoms with Crippen molar-refractivity contribution in [2.45, 2.75) is 32.6 Å². The zero-order valence-electron chi connectivity index (χ0n) is 18.9. The highest BCUT2D eigenvalue weighted by molar-refractivity contribution is 7.22. The van der Waals surface area contributed by atoms with Gasteiger partial charge in [-0.2, -0.15) is 0 Å². The van der Waals surface area contributed by atoms with Crippen molar-refractivity contribution in [3.63, 3.8) is 0 Å². The lowest BCUT2D eigenvalue weighted by molar-refractivity contribution is 0.0376. The van der Waals surface area contributed by atoms with Crippen molar-refractivity contribution in [3.05, 3.63) is 58.6 Å². The van der Waals surface area contributed by atoms with E-state index in [9.17, 15) is 4.79 Å². The summed E-state index contributed by atoms with van der Waals surface area (Å²) in [6.07, 6.45) is 0.877. The van der Waals surface area contributed by atoms with Crippen LogP contribution < -0.4 is 4.90 Å². The molecule has 0 spiro atoms. The Morgan fingerprint density at radius 2 is 1.88 bits per heavy atom. The predicted molar refractivity (Wildman–Crippen MR) is 133 cm³/mol. The van der Waals surface area contributed by atoms with Gasteiger partial charge in [0, 0.05) is 36.8 Å². The average Bonchev–Trinajstić information content (AvgIpc) is 3.19. The van der Waals surface area contributed by atoms with E-state index in [1.165, 1.54) is 16.9 Å². The molecule has 0 aliphatic carbocycles. The minimum absolute atomic E-state index is 0.0161. The fraction of sp³-hybridized carbons (Fsp3) is 0.440. The minimum Gasteiger partial charge on any atom is -0.379 e. The summed E-state index contributed by atoms with van der Waals surface area (Å²) in [7, 11) is 0. The van der Waals surface area contributed by atoms with Crippen LogP contribution in [-0.4, -0.2) is 55.2 Å². The molecule has 0 unspecified atom stereocenters. The third kappa shape index (κ3) is 5.49. The van der Waals surface area contributed by atoms with E-state index in [0.29, 0.717) is 22.3 Å². The fourth-order valence-corrected chi connectivity index (χ4v) is 5.10. The smallest absolute Gasteiger partial charge is 0.260 e. The number of rotatable bonds is 6. The van der Waals surface area contributed by atoms with Crippen LogP contribution in [0.1, 0.15) is 43.1 Å². The number of carbonyl (C=O) groups excluding carboxylic acids is 1. The number of hydrogen-bond donors (Lipinski definition) is 0. The van der Waals surface area contributed by atoms with Gasteiger partial charge >= 0.3 is 0 Å². The van der Waals surface area contributed by atoms with E-state index >= 15 is 0 Å². The van der Waals surface area contributed by atoms with E-state index in [2.05, 4.69) is 37.8 Å². The number of nitrogens with zero attached hydrogens (tertiary/aromatic N) is 3. The van der Waals surface area contributed by atoms with Crippen LogP contribution >= 0.6 is 22.9 Å². The highest BCUT2D eigenvalue weighted by atomic mass is 35.5. The van der Waals surface area contributed by atoms with Gasteiger partial charge in [-0.3, -0.25) is 14.6 Å². The number of ether oxygens (including phenoxy) is 1. The molecule has 1 aromatic heterocycles. The van der Waals surface area contributed by atoms with Crippen LogP contribution in [0.15, 0.2) is 42.5 Å². The van der Waals surface area contributed by atoms with E-state index in [-0.39, 0.29) is 11.3 Å². The van der Waals surface area contributed by atoms with Gasteiger partial charge in [0.25, 0.3) is 5.91 Å². The molecule has 1 saturated heterocycles. The molecular formula is C25H30ClN3O2S. The SMILES string of the molecule is CC(C)(C)c1ccc(C(=O)N(CCCN2CCOCC2)c2nc3ccc(Cl)cc3s2)cc1. The number of benzene rings is 2. The molecule has 1 fully saturated rings. The lowest BCUT2D eigenvalue weighted by atomic mass is 9.86. The standard InChI is InChI=1S/C25H30ClN3O2S/c1-25(2,3)19-7-5-18(6-8-19)23(30)29(12-4-11-28-13-15-31-16-14-28)24-27-21-10-9-20(26)17-22(21)32-24/h5-10,17H,4,11-16H2,1-3H3. The van der Waals surface area contributed by atoms with Crippen molar-refractivity contribution in [3.8, 4) is 0 Å². The predicted octanol–water partition coefficient (Wildman–Crippen LogP) is 5.62. The molecule has 0 bridgehead atoms. The van der Waals surface area contributed by atoms with Crippen LogP contribution in [0, 0.1) is 0 Å². The summed E-state index contributed by atoms with van der Waals surface area (Å²) < 4.78 is 6.43. The Bertz CT molecular complexity index is 1070. The molecule has 0 atom stereocenters. The normalized spacial score (nSPS) is 15.2. The van der Waals surface area contributed by atoms with Crippen LogP contribution in [0.25, 0.3) is 10.2 Å². The molecule has 2 aromatic carbocycles. The molecule has 170 valence electrons. The molecule has 1 amide bonds. The first-order valence-electron chi connectivity index (χ1n) is 11.1. The summed E-state index contributed by atoms with van der Waals surface area (Å²) >= 11 is 7.68. The van der Waals surface area contributed by atoms with E-state index in [0.717, 1.165) is 49.5 Å². The first-order valence-corrected chi connectivity index (χ1v) is 12.3. The maximum absolute atomic E-state index is 13.6. The molecule has 1 aliphatic heterocycles. The van der Waals surface area contributed by atoms with Crippen molar-refractivity contribution in [2.24, 2.45) is 0 Å². The number of fused-ring (bicyclic) bond motifs is 1. The van der Waals surface area contributed by atoms with Crippen LogP contribution in [0.3, 0.4) is 0 Å². The molecule has 0 radical (unpaired) electrons. The van der Waals surface area contributed by atoms with E-state index in [4.69, 9.17) is 21.3 Å². The maximum Gasteiger partial charge on any atom is 0.260 e. The quantitative estimate of drug-likeness (QED) is 0.468. The van der Waals surface area contributed by atoms with E-state index in [1.54, 1.807) is 0 Å². The number of amides is 1. The largest absolute Gasteiger partial charge is 0.379 e. The molecule has 0 N–H and O–H groups in total. The number of halogens is 1. The molecule has 7 heteroatoms. The summed E-state index contributed by atoms with van der Waals surface area (Å²) in [4.78, 5) is 22.5. The van der Waals surface area contributed by atoms with Gasteiger partial charge < -0.3 is 4.74 Å². The first kappa shape index (κ1) is 23.2. The van der Waals surface area contributed by atoms with Crippen LogP contribution in [0.5, 0.6) is 0 Å². The second-order valence-electron chi connectivity index (χ2n) is 9.20. The number of hydrogen-bond acceptors (Lipinski definition) is 5. The monoisotopic (exact) mass is 471 g/mol. The molecule has 3 aromatic rings. The van der Waals surface area contributed by atoms with E-state index < -0.39 is 0 Å². The molecule has 0 saturated carbocycles. The van der Waals surface area contributed by atoms with E-state index in [1.807, 2.05) is 35.2 Å². The zero-order chi connectivity index (χ0) is 22.7. The first-order chi connectivity index (χ1) is 15.3. The summed E-state index contributed by atoms with van der Waals surface area (Å²) in [6.45, 7) is 11.5. The number of anilines is 1. The van der Waals surface area contributed by atoms with Crippen LogP contribution in [-0.2, 0) is 10.2 Å². The Morgan fingerprint density at radius 1 is 1.16 bits per heavy atom. The molecule has 5 nitrogen and oxygen atoms in total. The lowest BCUT2D eigenvalue weighted by Gasteiger charge is -2.28. The van der Waals surface area contributed by atoms with Gasteiger partial charge in [0.05, 0.1) is 23.4 Å². The number of carbonyl (C=O) groups is 1. The fourth-order valence-electron chi connectivity index (χ4n) is 3.83. The Balaban J connectivity index is 1.57. The Kier molecular flexibility index (Phi) is 7.15. The number of thiazole rings is 1. The summed E-state index contributed by atoms with van der Waals surface area (Å²) in [5.74, 6) is -0.0161. The Hall–Kier alpha value is -1.99. The topological polar surface area (TPSA) is 45.7 Å². The zero-order valence-corrected chi connectivity index (χ0v) is 20.5. The van der Waals surface area contributed by atoms with Gasteiger partial charge in [0.15, 0.2) is 5.13 Å². The van der Waals surface area contributed by atoms with Crippen molar-refractivity contribution >= 4 is 44.2 Å². The van der Waals surface area contributed by atoms with Crippen molar-refractivity contribution in [1.82, 2.24) is 9.88 Å². The van der Waals surface area contributed by atoms with Gasteiger partial charge in [-0.1, -0.05) is 55.8 Å². The summed E-state index contributed by atoms with van der Waals surface area (Å²) in [5, 5.41) is 1.39. The van der Waals surface area contributed by atoms with Gasteiger partial charge in [0.1, 0.15) is 0 Å². The highest BCUT2D eigenvalue weighted by Gasteiger charge is 2.23. The maximum atomic E-state index is 13.6. The van der Waals surface area contributed by atoms with Gasteiger partial charge in [0.2, 0.25) is 0 Å². The summed E-state index contributed by atoms with van der Waals surface area (Å²) in [5.41, 5.74) is 2.80. The van der Waals surface area contributed by atoms with Gasteiger partial charge in [-0.05, 0) is 47.7 Å². The lowest BCUT2D eigenvalue weighted by Crippen LogP contribution is -2.39. The minimum atomic E-state index is -0.0161. The van der Waals surface area contributed by atoms with Gasteiger partial charge in [-0.25, -0.2) is 4.98 Å². The third-order valence-electron chi connectivity index (χ3n) is 5.77. The van der Waals surface area contributed by atoms with Crippen molar-refractivity contribution in [2.75, 3.05) is 44.3 Å². The average molecular weight is 472 g/mol. The third-order valence-corrected chi connectivity index (χ3v) is 7.05. The van der Waals surface area contributed by atoms with Crippen LogP contribution in [0.2, 0.25) is 5.02 Å². The summed E-state index contributed by atoms with van der Waals surface area (Å²) in [6, 6.07) is 13.6. The van der Waals surface area contributed by atoms with Gasteiger partial charge in [-0.15, -0.1) is 0 Å². The second kappa shape index (κ2) is 9.87. The molecular weight excluding hydrogens is 442 g/mol. The number of morpholine rings is 1. The van der Waals surface area contributed by atoms with Crippen molar-refractivity contribution < 1.29 is 9.53 Å². The van der Waals surface area contributed by atoms with Crippen molar-refractivity contribution in [1.29, 1.82) is 0 Å². The Labute approximate surface area is 199 Å². The second-order valence-corrected chi connectivity index (χ2v) is 10.6. The number of aromatic nitrogens is 1. The molecule has 32 heavy (non-hydrogen) atoms. The molecule has 4 rings (SSSR count). The Morgan fingerprint density at radius 3 is 2.56 bits per heavy atom. The molecule has 2 heterocycles. The van der Waals surface area contributed by atoms with Crippen LogP contribution in [0.4, 0.5) is 5.13 Å².